The lowest BCUT2D eigenvalue weighted by molar-refractivity contribution is -0.137. The van der Waals surface area contributed by atoms with Gasteiger partial charge in [-0.1, -0.05) is 0 Å². The highest BCUT2D eigenvalue weighted by molar-refractivity contribution is 5.85. The van der Waals surface area contributed by atoms with Crippen LogP contribution in [-0.4, -0.2) is 25.8 Å². The highest BCUT2D eigenvalue weighted by atomic mass is 35.5. The Morgan fingerprint density at radius 1 is 1.57 bits per heavy atom. The van der Waals surface area contributed by atoms with Crippen LogP contribution in [0, 0.1) is 0 Å². The van der Waals surface area contributed by atoms with E-state index in [1.165, 1.54) is 4.68 Å². The van der Waals surface area contributed by atoms with Gasteiger partial charge in [0, 0.05) is 11.6 Å². The number of pyridine rings is 1. The Balaban J connectivity index is 0.000000980. The number of fused-ring (bicyclic) bond motifs is 1. The van der Waals surface area contributed by atoms with Crippen LogP contribution in [0.25, 0.3) is 11.0 Å². The molecular formula is C8H8ClN3O2. The van der Waals surface area contributed by atoms with Crippen molar-refractivity contribution in [1.29, 1.82) is 0 Å². The molecule has 1 N–H and O–H groups in total. The van der Waals surface area contributed by atoms with Crippen molar-refractivity contribution in [3.8, 4) is 0 Å². The van der Waals surface area contributed by atoms with Gasteiger partial charge in [-0.25, -0.2) is 9.67 Å². The summed E-state index contributed by atoms with van der Waals surface area (Å²) in [7, 11) is 0. The number of hydrogen-bond acceptors (Lipinski definition) is 3. The number of carbonyl (C=O) groups is 1. The summed E-state index contributed by atoms with van der Waals surface area (Å²) in [5, 5.41) is 13.3. The maximum Gasteiger partial charge on any atom is 0.325 e. The quantitative estimate of drug-likeness (QED) is 0.806. The van der Waals surface area contributed by atoms with E-state index in [2.05, 4.69) is 10.1 Å². The second-order valence-electron chi connectivity index (χ2n) is 2.61. The Bertz CT molecular complexity index is 455. The number of hydrogen-bond donors (Lipinski definition) is 1. The summed E-state index contributed by atoms with van der Waals surface area (Å²) in [4.78, 5) is 14.5. The first-order valence-electron chi connectivity index (χ1n) is 3.76. The van der Waals surface area contributed by atoms with E-state index in [0.29, 0.717) is 5.65 Å². The number of aromatic nitrogens is 3. The fourth-order valence-corrected chi connectivity index (χ4v) is 1.16. The van der Waals surface area contributed by atoms with Gasteiger partial charge in [0.05, 0.1) is 6.20 Å². The number of nitrogens with zero attached hydrogens (tertiary/aromatic N) is 3. The van der Waals surface area contributed by atoms with Gasteiger partial charge in [0.15, 0.2) is 5.65 Å². The van der Waals surface area contributed by atoms with E-state index < -0.39 is 5.97 Å². The second kappa shape index (κ2) is 4.06. The predicted molar refractivity (Wildman–Crippen MR) is 52.4 cm³/mol. The average molecular weight is 214 g/mol. The number of halogens is 1. The van der Waals surface area contributed by atoms with E-state index in [4.69, 9.17) is 5.11 Å². The average Bonchev–Trinajstić information content (AvgIpc) is 2.48. The number of carboxylic acid groups (broad SMARTS) is 1. The molecule has 14 heavy (non-hydrogen) atoms. The topological polar surface area (TPSA) is 68.0 Å². The molecule has 2 rings (SSSR count). The van der Waals surface area contributed by atoms with E-state index in [1.54, 1.807) is 18.5 Å². The molecule has 0 saturated carbocycles. The molecule has 0 saturated heterocycles. The van der Waals surface area contributed by atoms with Crippen LogP contribution in [0.15, 0.2) is 24.5 Å². The summed E-state index contributed by atoms with van der Waals surface area (Å²) in [6.07, 6.45) is 3.22. The van der Waals surface area contributed by atoms with Crippen LogP contribution in [0.4, 0.5) is 0 Å². The van der Waals surface area contributed by atoms with Crippen LogP contribution >= 0.6 is 12.4 Å². The Hall–Kier alpha value is -1.62. The highest BCUT2D eigenvalue weighted by Gasteiger charge is 2.05. The lowest BCUT2D eigenvalue weighted by atomic mass is 10.4. The Morgan fingerprint density at radius 2 is 2.36 bits per heavy atom. The van der Waals surface area contributed by atoms with Crippen molar-refractivity contribution in [1.82, 2.24) is 14.8 Å². The number of aliphatic carboxylic acids is 1. The third-order valence-electron chi connectivity index (χ3n) is 1.68. The van der Waals surface area contributed by atoms with Crippen molar-refractivity contribution < 1.29 is 9.90 Å². The first-order valence-corrected chi connectivity index (χ1v) is 3.76. The zero-order chi connectivity index (χ0) is 9.26. The lowest BCUT2D eigenvalue weighted by Crippen LogP contribution is -2.10. The van der Waals surface area contributed by atoms with Gasteiger partial charge < -0.3 is 5.11 Å². The molecule has 5 nitrogen and oxygen atoms in total. The minimum atomic E-state index is -0.921. The first kappa shape index (κ1) is 10.5. The Labute approximate surface area is 85.8 Å². The van der Waals surface area contributed by atoms with Crippen LogP contribution in [0.5, 0.6) is 0 Å². The molecule has 74 valence electrons. The van der Waals surface area contributed by atoms with E-state index in [-0.39, 0.29) is 19.0 Å². The summed E-state index contributed by atoms with van der Waals surface area (Å²) in [6, 6.07) is 3.63. The molecule has 0 aromatic carbocycles. The molecule has 0 amide bonds. The zero-order valence-electron chi connectivity index (χ0n) is 7.12. The molecule has 0 unspecified atom stereocenters. The van der Waals surface area contributed by atoms with Crippen molar-refractivity contribution in [3.63, 3.8) is 0 Å². The SMILES string of the molecule is Cl.O=C(O)Cn1ncc2cccnc21. The normalized spacial score (nSPS) is 9.71. The van der Waals surface area contributed by atoms with Crippen LogP contribution in [-0.2, 0) is 11.3 Å². The molecular weight excluding hydrogens is 206 g/mol. The van der Waals surface area contributed by atoms with Crippen molar-refractivity contribution in [3.05, 3.63) is 24.5 Å². The van der Waals surface area contributed by atoms with Gasteiger partial charge in [0.2, 0.25) is 0 Å². The molecule has 0 spiro atoms. The second-order valence-corrected chi connectivity index (χ2v) is 2.61. The van der Waals surface area contributed by atoms with E-state index in [1.807, 2.05) is 6.07 Å². The van der Waals surface area contributed by atoms with Crippen LogP contribution in [0.2, 0.25) is 0 Å². The molecule has 0 bridgehead atoms. The fraction of sp³-hybridized carbons (Fsp3) is 0.125. The molecule has 6 heteroatoms. The maximum absolute atomic E-state index is 10.4. The first-order chi connectivity index (χ1) is 6.27. The highest BCUT2D eigenvalue weighted by Crippen LogP contribution is 2.08. The summed E-state index contributed by atoms with van der Waals surface area (Å²) in [6.45, 7) is -0.152. The fourth-order valence-electron chi connectivity index (χ4n) is 1.16. The Morgan fingerprint density at radius 3 is 3.07 bits per heavy atom. The number of rotatable bonds is 2. The smallest absolute Gasteiger partial charge is 0.325 e. The van der Waals surface area contributed by atoms with Crippen molar-refractivity contribution >= 4 is 29.4 Å². The lowest BCUT2D eigenvalue weighted by Gasteiger charge is -1.96. The largest absolute Gasteiger partial charge is 0.480 e. The van der Waals surface area contributed by atoms with Gasteiger partial charge in [0.1, 0.15) is 6.54 Å². The number of carboxylic acids is 1. The monoisotopic (exact) mass is 213 g/mol. The van der Waals surface area contributed by atoms with Crippen molar-refractivity contribution in [2.45, 2.75) is 6.54 Å². The predicted octanol–water partition coefficient (Wildman–Crippen LogP) is 0.938. The van der Waals surface area contributed by atoms with Crippen LogP contribution in [0.3, 0.4) is 0 Å². The van der Waals surface area contributed by atoms with Crippen molar-refractivity contribution in [2.75, 3.05) is 0 Å². The van der Waals surface area contributed by atoms with Gasteiger partial charge in [-0.15, -0.1) is 12.4 Å². The third kappa shape index (κ3) is 1.82. The molecule has 0 aliphatic heterocycles. The third-order valence-corrected chi connectivity index (χ3v) is 1.68. The molecule has 0 fully saturated rings. The van der Waals surface area contributed by atoms with Gasteiger partial charge in [-0.05, 0) is 12.1 Å². The summed E-state index contributed by atoms with van der Waals surface area (Å²) >= 11 is 0. The Kier molecular flexibility index (Phi) is 3.03. The van der Waals surface area contributed by atoms with E-state index in [0.717, 1.165) is 5.39 Å². The minimum absolute atomic E-state index is 0. The van der Waals surface area contributed by atoms with Gasteiger partial charge in [0.25, 0.3) is 0 Å². The molecule has 0 atom stereocenters. The van der Waals surface area contributed by atoms with E-state index >= 15 is 0 Å². The molecule has 2 heterocycles. The van der Waals surface area contributed by atoms with Crippen molar-refractivity contribution in [2.24, 2.45) is 0 Å². The summed E-state index contributed by atoms with van der Waals surface area (Å²) in [5.74, 6) is -0.921. The minimum Gasteiger partial charge on any atom is -0.480 e. The van der Waals surface area contributed by atoms with Gasteiger partial charge in [-0.2, -0.15) is 5.10 Å². The van der Waals surface area contributed by atoms with Crippen LogP contribution < -0.4 is 0 Å². The molecule has 2 aromatic heterocycles. The van der Waals surface area contributed by atoms with Crippen LogP contribution in [0.1, 0.15) is 0 Å². The zero-order valence-corrected chi connectivity index (χ0v) is 7.94. The van der Waals surface area contributed by atoms with Gasteiger partial charge in [-0.3, -0.25) is 4.79 Å². The molecule has 0 radical (unpaired) electrons. The maximum atomic E-state index is 10.4. The van der Waals surface area contributed by atoms with Gasteiger partial charge >= 0.3 is 5.97 Å². The standard InChI is InChI=1S/C8H7N3O2.ClH/c12-7(13)5-11-8-6(4-10-11)2-1-3-9-8;/h1-4H,5H2,(H,12,13);1H. The summed E-state index contributed by atoms with van der Waals surface area (Å²) < 4.78 is 1.36. The summed E-state index contributed by atoms with van der Waals surface area (Å²) in [5.41, 5.74) is 0.602. The van der Waals surface area contributed by atoms with E-state index in [9.17, 15) is 4.79 Å². The molecule has 0 aliphatic rings. The molecule has 2 aromatic rings. The molecule has 0 aliphatic carbocycles.